The van der Waals surface area contributed by atoms with Gasteiger partial charge in [0.05, 0.1) is 38.8 Å². The fraction of sp³-hybridized carbons (Fsp3) is 0.255. The molecular weight excluding hydrogens is 701 g/mol. The van der Waals surface area contributed by atoms with Gasteiger partial charge in [0, 0.05) is 24.3 Å². The third-order valence-electron chi connectivity index (χ3n) is 13.8. The minimum Gasteiger partial charge on any atom is -0.198 e. The van der Waals surface area contributed by atoms with Gasteiger partial charge in [-0.25, -0.2) is 0 Å². The van der Waals surface area contributed by atoms with Crippen LogP contribution in [0.5, 0.6) is 0 Å². The van der Waals surface area contributed by atoms with E-state index >= 15 is 0 Å². The maximum Gasteiger partial charge on any atom is 0.554 e. The maximum atomic E-state index is 2.73. The van der Waals surface area contributed by atoms with Crippen molar-refractivity contribution in [1.82, 2.24) is 9.13 Å². The third-order valence-corrected chi connectivity index (χ3v) is 14.6. The summed E-state index contributed by atoms with van der Waals surface area (Å²) in [5, 5.41) is 2.53. The van der Waals surface area contributed by atoms with E-state index in [-0.39, 0.29) is 0 Å². The van der Waals surface area contributed by atoms with Gasteiger partial charge >= 0.3 is 5.91 Å². The summed E-state index contributed by atoms with van der Waals surface area (Å²) in [6, 6.07) is 28.8. The molecule has 0 saturated heterocycles. The lowest BCUT2D eigenvalue weighted by Crippen LogP contribution is -2.71. The number of allylic oxidation sites excluding steroid dienone is 4. The van der Waals surface area contributed by atoms with Crippen LogP contribution in [0, 0.1) is 41.5 Å². The van der Waals surface area contributed by atoms with E-state index in [1.807, 2.05) is 11.8 Å². The molecule has 3 aromatic carbocycles. The summed E-state index contributed by atoms with van der Waals surface area (Å²) >= 11 is 1.87. The summed E-state index contributed by atoms with van der Waals surface area (Å²) in [6.45, 7) is 13.6. The van der Waals surface area contributed by atoms with E-state index in [1.54, 1.807) is 0 Å². The van der Waals surface area contributed by atoms with Crippen LogP contribution in [0.2, 0.25) is 0 Å². The molecule has 5 heteroatoms. The van der Waals surface area contributed by atoms with E-state index in [9.17, 15) is 0 Å². The highest BCUT2D eigenvalue weighted by atomic mass is 32.2. The average Bonchev–Trinajstić information content (AvgIpc) is 4.02. The van der Waals surface area contributed by atoms with Crippen LogP contribution in [0.1, 0.15) is 98.6 Å². The van der Waals surface area contributed by atoms with Crippen molar-refractivity contribution in [3.63, 3.8) is 0 Å². The molecule has 2 aromatic heterocycles. The van der Waals surface area contributed by atoms with Crippen LogP contribution in [-0.4, -0.2) is 36.0 Å². The fourth-order valence-electron chi connectivity index (χ4n) is 12.0. The summed E-state index contributed by atoms with van der Waals surface area (Å²) in [5.41, 5.74) is 24.9. The predicted octanol–water partition coefficient (Wildman–Crippen LogP) is 9.20. The first kappa shape index (κ1) is 32.8. The molecule has 7 aliphatic rings. The standard InChI is InChI=1S/C51H46N4S/c1-28-24-30(3)45(31(4)25-28)48-39-18-16-37-47(36-14-12-35(13-15-36)34-10-8-9-11-34)38-17-19-40-49(46-32(5)26-29(2)27-33(46)6)42-21-23-44-50(56-7)43-22-20-41(48)54(43)51(52(37)39,53(38)40)55(42)44/h12-27,34H,8-11H2,1-7H3/q+2. The monoisotopic (exact) mass is 746 g/mol. The highest BCUT2D eigenvalue weighted by Gasteiger charge is 2.73. The van der Waals surface area contributed by atoms with Crippen LogP contribution in [0.15, 0.2) is 108 Å². The van der Waals surface area contributed by atoms with Gasteiger partial charge in [0.1, 0.15) is 4.91 Å². The molecule has 8 heterocycles. The van der Waals surface area contributed by atoms with Gasteiger partial charge < -0.3 is 0 Å². The van der Waals surface area contributed by atoms with Crippen molar-refractivity contribution in [2.24, 2.45) is 0 Å². The molecule has 274 valence electrons. The topological polar surface area (TPSA) is 15.9 Å². The van der Waals surface area contributed by atoms with Crippen LogP contribution in [0.25, 0.3) is 21.6 Å². The molecule has 1 unspecified atom stereocenters. The number of aryl methyl sites for hydroxylation is 6. The van der Waals surface area contributed by atoms with E-state index in [1.165, 1.54) is 148 Å². The van der Waals surface area contributed by atoms with Gasteiger partial charge in [-0.2, -0.15) is 9.13 Å². The molecule has 1 spiro atoms. The number of rotatable bonds is 5. The second kappa shape index (κ2) is 11.1. The van der Waals surface area contributed by atoms with Gasteiger partial charge in [0.2, 0.25) is 22.8 Å². The second-order valence-electron chi connectivity index (χ2n) is 17.2. The highest BCUT2D eigenvalue weighted by molar-refractivity contribution is 8.07. The van der Waals surface area contributed by atoms with Gasteiger partial charge in [-0.3, -0.25) is 0 Å². The Labute approximate surface area is 333 Å². The molecule has 0 radical (unpaired) electrons. The molecule has 5 aromatic rings. The predicted molar refractivity (Wildman–Crippen MR) is 231 cm³/mol. The SMILES string of the molecule is CSC1=C2C=CC3=[N+]2C24n5c1ccc5C(c1c(C)cc(C)cc1C)=C1C=CC(=[N+]12)C(c1ccc(C2CCCC2)cc1)=c1ccc(n14)=C3c1c(C)cc(C)cc1C. The number of thioether (sulfide) groups is 1. The third kappa shape index (κ3) is 3.83. The molecule has 1 saturated carbocycles. The number of nitrogens with zero attached hydrogens (tertiary/aromatic N) is 4. The van der Waals surface area contributed by atoms with Crippen LogP contribution in [0.3, 0.4) is 0 Å². The zero-order valence-corrected chi connectivity index (χ0v) is 34.2. The molecule has 1 atom stereocenters. The van der Waals surface area contributed by atoms with Gasteiger partial charge in [0.15, 0.2) is 0 Å². The number of aromatic nitrogens is 2. The molecule has 1 aliphatic carbocycles. The van der Waals surface area contributed by atoms with Crippen LogP contribution in [0.4, 0.5) is 0 Å². The van der Waals surface area contributed by atoms with E-state index in [2.05, 4.69) is 163 Å². The zero-order valence-electron chi connectivity index (χ0n) is 33.3. The summed E-state index contributed by atoms with van der Waals surface area (Å²) < 4.78 is 10.9. The van der Waals surface area contributed by atoms with Crippen LogP contribution in [-0.2, 0) is 5.91 Å². The summed E-state index contributed by atoms with van der Waals surface area (Å²) in [5.74, 6) is -0.0502. The maximum absolute atomic E-state index is 2.73. The largest absolute Gasteiger partial charge is 0.554 e. The van der Waals surface area contributed by atoms with Crippen molar-refractivity contribution in [2.75, 3.05) is 6.26 Å². The Hall–Kier alpha value is -5.39. The molecular formula is C51H46N4S+2. The van der Waals surface area contributed by atoms with Gasteiger partial charge in [-0.1, -0.05) is 81.7 Å². The van der Waals surface area contributed by atoms with Gasteiger partial charge in [-0.05, 0) is 135 Å². The number of hydrogen-bond donors (Lipinski definition) is 0. The van der Waals surface area contributed by atoms with Gasteiger partial charge in [0.25, 0.3) is 0 Å². The van der Waals surface area contributed by atoms with Crippen LogP contribution < -0.4 is 10.7 Å². The molecule has 4 nitrogen and oxygen atoms in total. The fourth-order valence-corrected chi connectivity index (χ4v) is 12.8. The molecule has 0 amide bonds. The Balaban J connectivity index is 1.29. The first-order valence-corrected chi connectivity index (χ1v) is 21.6. The molecule has 56 heavy (non-hydrogen) atoms. The van der Waals surface area contributed by atoms with E-state index in [0.717, 1.165) is 0 Å². The van der Waals surface area contributed by atoms with Crippen LogP contribution >= 0.6 is 11.8 Å². The Morgan fingerprint density at radius 2 is 1.11 bits per heavy atom. The lowest BCUT2D eigenvalue weighted by atomic mass is 9.88. The second-order valence-corrected chi connectivity index (χ2v) is 18.0. The quantitative estimate of drug-likeness (QED) is 0.164. The average molecular weight is 747 g/mol. The van der Waals surface area contributed by atoms with Crippen molar-refractivity contribution in [3.8, 4) is 0 Å². The van der Waals surface area contributed by atoms with Crippen molar-refractivity contribution >= 4 is 44.8 Å². The normalized spacial score (nSPS) is 21.1. The van der Waals surface area contributed by atoms with E-state index in [4.69, 9.17) is 0 Å². The summed E-state index contributed by atoms with van der Waals surface area (Å²) in [6.07, 6.45) is 17.2. The highest BCUT2D eigenvalue weighted by Crippen LogP contribution is 2.54. The Bertz CT molecular complexity index is 3000. The zero-order chi connectivity index (χ0) is 37.9. The lowest BCUT2D eigenvalue weighted by Gasteiger charge is -2.41. The molecule has 1 fully saturated rings. The van der Waals surface area contributed by atoms with Crippen molar-refractivity contribution < 1.29 is 9.15 Å². The number of benzene rings is 3. The molecule has 0 N–H and O–H groups in total. The Kier molecular flexibility index (Phi) is 6.52. The summed E-state index contributed by atoms with van der Waals surface area (Å²) in [4.78, 5) is 1.31. The minimum atomic E-state index is -0.733. The lowest BCUT2D eigenvalue weighted by molar-refractivity contribution is -0.834. The Morgan fingerprint density at radius 1 is 0.571 bits per heavy atom. The molecule has 6 aliphatic heterocycles. The molecule has 12 rings (SSSR count). The smallest absolute Gasteiger partial charge is 0.198 e. The van der Waals surface area contributed by atoms with Crippen molar-refractivity contribution in [3.05, 3.63) is 186 Å². The first-order chi connectivity index (χ1) is 27.2. The van der Waals surface area contributed by atoms with Gasteiger partial charge in [-0.15, -0.1) is 11.8 Å². The minimum absolute atomic E-state index is 0.683. The van der Waals surface area contributed by atoms with E-state index in [0.29, 0.717) is 5.92 Å². The number of hydrogen-bond acceptors (Lipinski definition) is 1. The Morgan fingerprint density at radius 3 is 1.73 bits per heavy atom. The molecule has 0 bridgehead atoms. The van der Waals surface area contributed by atoms with Crippen molar-refractivity contribution in [2.45, 2.75) is 79.1 Å². The van der Waals surface area contributed by atoms with E-state index < -0.39 is 5.91 Å². The summed E-state index contributed by atoms with van der Waals surface area (Å²) in [7, 11) is 0. The first-order valence-electron chi connectivity index (χ1n) is 20.4. The van der Waals surface area contributed by atoms with Crippen molar-refractivity contribution in [1.29, 1.82) is 0 Å².